The quantitative estimate of drug-likeness (QED) is 0.519. The maximum Gasteiger partial charge on any atom is 0.185 e. The molecule has 0 aromatic carbocycles. The molecule has 0 aromatic heterocycles. The lowest BCUT2D eigenvalue weighted by molar-refractivity contribution is -0.124. The second kappa shape index (κ2) is 4.89. The van der Waals surface area contributed by atoms with Crippen molar-refractivity contribution >= 4 is 14.1 Å². The molecule has 82 valence electrons. The van der Waals surface area contributed by atoms with Crippen LogP contribution in [0.1, 0.15) is 20.8 Å². The lowest BCUT2D eigenvalue weighted by Crippen LogP contribution is -2.40. The standard InChI is InChI=1S/C11H22O2Si/c1-8(2)10(12)11(9(3)4)13-14(5,6)7/h9,11H,1H2,2-7H3. The Labute approximate surface area is 88.5 Å². The fourth-order valence-electron chi connectivity index (χ4n) is 1.12. The maximum atomic E-state index is 11.8. The van der Waals surface area contributed by atoms with Crippen molar-refractivity contribution in [3.05, 3.63) is 12.2 Å². The highest BCUT2D eigenvalue weighted by atomic mass is 28.4. The summed E-state index contributed by atoms with van der Waals surface area (Å²) in [5.74, 6) is 0.258. The van der Waals surface area contributed by atoms with E-state index in [1.165, 1.54) is 0 Å². The van der Waals surface area contributed by atoms with Crippen LogP contribution in [0.15, 0.2) is 12.2 Å². The Kier molecular flexibility index (Phi) is 4.75. The molecule has 0 spiro atoms. The molecule has 0 bridgehead atoms. The minimum absolute atomic E-state index is 0.0439. The van der Waals surface area contributed by atoms with Gasteiger partial charge in [0.25, 0.3) is 0 Å². The number of Topliss-reactive ketones (excluding diaryl/α,β-unsaturated/α-hetero) is 1. The van der Waals surface area contributed by atoms with Gasteiger partial charge in [-0.3, -0.25) is 4.79 Å². The van der Waals surface area contributed by atoms with Crippen LogP contribution in [0.2, 0.25) is 19.6 Å². The summed E-state index contributed by atoms with van der Waals surface area (Å²) in [7, 11) is -1.65. The van der Waals surface area contributed by atoms with Crippen LogP contribution in [0, 0.1) is 5.92 Å². The van der Waals surface area contributed by atoms with Crippen LogP contribution >= 0.6 is 0 Å². The van der Waals surface area contributed by atoms with Crippen LogP contribution in [-0.2, 0) is 9.22 Å². The van der Waals surface area contributed by atoms with Crippen LogP contribution in [0.5, 0.6) is 0 Å². The minimum Gasteiger partial charge on any atom is -0.407 e. The molecule has 0 aromatic rings. The zero-order chi connectivity index (χ0) is 11.5. The average Bonchev–Trinajstić information content (AvgIpc) is 1.96. The predicted octanol–water partition coefficient (Wildman–Crippen LogP) is 3.01. The van der Waals surface area contributed by atoms with Crippen molar-refractivity contribution in [1.29, 1.82) is 0 Å². The minimum atomic E-state index is -1.65. The second-order valence-electron chi connectivity index (χ2n) is 5.04. The monoisotopic (exact) mass is 214 g/mol. The molecular formula is C11H22O2Si. The Morgan fingerprint density at radius 2 is 1.71 bits per heavy atom. The van der Waals surface area contributed by atoms with Gasteiger partial charge in [0, 0.05) is 0 Å². The lowest BCUT2D eigenvalue weighted by atomic mass is 10.00. The summed E-state index contributed by atoms with van der Waals surface area (Å²) in [6.07, 6.45) is -0.306. The fraction of sp³-hybridized carbons (Fsp3) is 0.727. The van der Waals surface area contributed by atoms with Gasteiger partial charge in [-0.2, -0.15) is 0 Å². The molecule has 1 atom stereocenters. The molecule has 0 rings (SSSR count). The second-order valence-corrected chi connectivity index (χ2v) is 9.50. The third-order valence-electron chi connectivity index (χ3n) is 1.77. The highest BCUT2D eigenvalue weighted by Gasteiger charge is 2.28. The Hall–Kier alpha value is -0.413. The molecule has 0 N–H and O–H groups in total. The molecule has 0 fully saturated rings. The van der Waals surface area contributed by atoms with Crippen molar-refractivity contribution in [1.82, 2.24) is 0 Å². The number of carbonyl (C=O) groups is 1. The highest BCUT2D eigenvalue weighted by Crippen LogP contribution is 2.17. The zero-order valence-corrected chi connectivity index (χ0v) is 11.2. The largest absolute Gasteiger partial charge is 0.407 e. The van der Waals surface area contributed by atoms with Crippen molar-refractivity contribution in [3.8, 4) is 0 Å². The number of hydrogen-bond acceptors (Lipinski definition) is 2. The van der Waals surface area contributed by atoms with Gasteiger partial charge in [-0.05, 0) is 38.1 Å². The first-order valence-electron chi connectivity index (χ1n) is 5.02. The van der Waals surface area contributed by atoms with Crippen molar-refractivity contribution in [2.75, 3.05) is 0 Å². The lowest BCUT2D eigenvalue weighted by Gasteiger charge is -2.28. The molecule has 0 aliphatic carbocycles. The van der Waals surface area contributed by atoms with E-state index in [-0.39, 0.29) is 17.8 Å². The van der Waals surface area contributed by atoms with E-state index >= 15 is 0 Å². The number of carbonyl (C=O) groups excluding carboxylic acids is 1. The Balaban J connectivity index is 4.62. The van der Waals surface area contributed by atoms with Crippen molar-refractivity contribution in [2.24, 2.45) is 5.92 Å². The Morgan fingerprint density at radius 1 is 1.29 bits per heavy atom. The SMILES string of the molecule is C=C(C)C(=O)C(O[Si](C)(C)C)C(C)C. The average molecular weight is 214 g/mol. The third-order valence-corrected chi connectivity index (χ3v) is 2.73. The van der Waals surface area contributed by atoms with E-state index in [0.29, 0.717) is 5.57 Å². The fourth-order valence-corrected chi connectivity index (χ4v) is 2.26. The molecular weight excluding hydrogens is 192 g/mol. The first-order chi connectivity index (χ1) is 6.15. The molecule has 0 radical (unpaired) electrons. The van der Waals surface area contributed by atoms with Gasteiger partial charge in [0.05, 0.1) is 0 Å². The maximum absolute atomic E-state index is 11.8. The molecule has 0 saturated heterocycles. The summed E-state index contributed by atoms with van der Waals surface area (Å²) in [6.45, 7) is 15.7. The molecule has 0 heterocycles. The summed E-state index contributed by atoms with van der Waals surface area (Å²) >= 11 is 0. The zero-order valence-electron chi connectivity index (χ0n) is 10.2. The van der Waals surface area contributed by atoms with Gasteiger partial charge in [-0.1, -0.05) is 20.4 Å². The normalized spacial score (nSPS) is 14.2. The van der Waals surface area contributed by atoms with Crippen LogP contribution < -0.4 is 0 Å². The van der Waals surface area contributed by atoms with E-state index < -0.39 is 8.32 Å². The van der Waals surface area contributed by atoms with Gasteiger partial charge < -0.3 is 4.43 Å². The van der Waals surface area contributed by atoms with Crippen LogP contribution in [0.4, 0.5) is 0 Å². The molecule has 14 heavy (non-hydrogen) atoms. The van der Waals surface area contributed by atoms with E-state index in [2.05, 4.69) is 26.2 Å². The molecule has 0 amide bonds. The van der Waals surface area contributed by atoms with E-state index in [0.717, 1.165) is 0 Å². The molecule has 0 aliphatic rings. The van der Waals surface area contributed by atoms with Gasteiger partial charge in [-0.25, -0.2) is 0 Å². The highest BCUT2D eigenvalue weighted by molar-refractivity contribution is 6.69. The third kappa shape index (κ3) is 4.72. The summed E-state index contributed by atoms with van der Waals surface area (Å²) < 4.78 is 5.85. The Morgan fingerprint density at radius 3 is 1.93 bits per heavy atom. The van der Waals surface area contributed by atoms with E-state index in [4.69, 9.17) is 4.43 Å². The summed E-state index contributed by atoms with van der Waals surface area (Å²) in [5.41, 5.74) is 0.585. The van der Waals surface area contributed by atoms with E-state index in [9.17, 15) is 4.79 Å². The molecule has 3 heteroatoms. The van der Waals surface area contributed by atoms with Gasteiger partial charge >= 0.3 is 0 Å². The molecule has 1 unspecified atom stereocenters. The molecule has 0 saturated carbocycles. The first-order valence-corrected chi connectivity index (χ1v) is 8.43. The Bertz CT molecular complexity index is 226. The molecule has 0 aliphatic heterocycles. The number of rotatable bonds is 5. The van der Waals surface area contributed by atoms with Crippen molar-refractivity contribution < 1.29 is 9.22 Å². The number of ketones is 1. The first kappa shape index (κ1) is 13.6. The van der Waals surface area contributed by atoms with Crippen LogP contribution in [-0.4, -0.2) is 20.2 Å². The smallest absolute Gasteiger partial charge is 0.185 e. The van der Waals surface area contributed by atoms with Gasteiger partial charge in [0.2, 0.25) is 0 Å². The van der Waals surface area contributed by atoms with Crippen LogP contribution in [0.3, 0.4) is 0 Å². The van der Waals surface area contributed by atoms with E-state index in [1.807, 2.05) is 13.8 Å². The van der Waals surface area contributed by atoms with Crippen molar-refractivity contribution in [2.45, 2.75) is 46.5 Å². The van der Waals surface area contributed by atoms with Gasteiger partial charge in [-0.15, -0.1) is 0 Å². The summed E-state index contributed by atoms with van der Waals surface area (Å²) in [4.78, 5) is 11.8. The van der Waals surface area contributed by atoms with Crippen LogP contribution in [0.25, 0.3) is 0 Å². The topological polar surface area (TPSA) is 26.3 Å². The molecule has 2 nitrogen and oxygen atoms in total. The number of hydrogen-bond donors (Lipinski definition) is 0. The predicted molar refractivity (Wildman–Crippen MR) is 62.9 cm³/mol. The summed E-state index contributed by atoms with van der Waals surface area (Å²) in [5, 5.41) is 0. The van der Waals surface area contributed by atoms with Crippen molar-refractivity contribution in [3.63, 3.8) is 0 Å². The van der Waals surface area contributed by atoms with Gasteiger partial charge in [0.15, 0.2) is 14.1 Å². The van der Waals surface area contributed by atoms with E-state index in [1.54, 1.807) is 6.92 Å². The van der Waals surface area contributed by atoms with Gasteiger partial charge in [0.1, 0.15) is 6.10 Å². The summed E-state index contributed by atoms with van der Waals surface area (Å²) in [6, 6.07) is 0.